The molecule has 0 amide bonds. The van der Waals surface area contributed by atoms with Crippen molar-refractivity contribution in [3.63, 3.8) is 0 Å². The zero-order valence-corrected chi connectivity index (χ0v) is 11.9. The Morgan fingerprint density at radius 1 is 0.905 bits per heavy atom. The van der Waals surface area contributed by atoms with Crippen LogP contribution in [-0.4, -0.2) is 31.4 Å². The van der Waals surface area contributed by atoms with Crippen molar-refractivity contribution >= 4 is 12.6 Å². The molecule has 0 aliphatic rings. The predicted octanol–water partition coefficient (Wildman–Crippen LogP) is 1.45. The molecule has 5 nitrogen and oxygen atoms in total. The number of ether oxygens (including phenoxy) is 3. The van der Waals surface area contributed by atoms with Crippen LogP contribution in [-0.2, 0) is 6.61 Å². The van der Waals surface area contributed by atoms with Crippen LogP contribution in [0.15, 0.2) is 42.5 Å². The SMILES string of the molecule is COc1cc(COc2ccc(B(O)O)cc2)cc(OC)c1.[HH].[HH]. The minimum absolute atomic E-state index is 0. The molecular weight excluding hydrogens is 271 g/mol. The Morgan fingerprint density at radius 3 is 1.95 bits per heavy atom. The second kappa shape index (κ2) is 7.01. The summed E-state index contributed by atoms with van der Waals surface area (Å²) in [6.07, 6.45) is 0. The minimum Gasteiger partial charge on any atom is -0.497 e. The van der Waals surface area contributed by atoms with Crippen molar-refractivity contribution < 1.29 is 27.1 Å². The maximum Gasteiger partial charge on any atom is 0.488 e. The first-order valence-corrected chi connectivity index (χ1v) is 6.43. The molecule has 21 heavy (non-hydrogen) atoms. The molecule has 0 fully saturated rings. The molecule has 0 spiro atoms. The Hall–Kier alpha value is -2.18. The van der Waals surface area contributed by atoms with Gasteiger partial charge in [-0.15, -0.1) is 0 Å². The molecule has 0 aromatic heterocycles. The molecule has 2 aromatic carbocycles. The summed E-state index contributed by atoms with van der Waals surface area (Å²) in [5.74, 6) is 2.04. The molecule has 0 heterocycles. The van der Waals surface area contributed by atoms with Gasteiger partial charge in [-0.05, 0) is 35.3 Å². The molecule has 0 aliphatic heterocycles. The van der Waals surface area contributed by atoms with E-state index in [1.54, 1.807) is 44.6 Å². The molecule has 2 N–H and O–H groups in total. The lowest BCUT2D eigenvalue weighted by atomic mass is 9.80. The number of hydrogen-bond acceptors (Lipinski definition) is 5. The third-order valence-electron chi connectivity index (χ3n) is 2.99. The van der Waals surface area contributed by atoms with E-state index in [4.69, 9.17) is 24.3 Å². The van der Waals surface area contributed by atoms with Crippen molar-refractivity contribution in [2.75, 3.05) is 14.2 Å². The van der Waals surface area contributed by atoms with E-state index in [0.29, 0.717) is 29.3 Å². The first kappa shape index (κ1) is 15.2. The van der Waals surface area contributed by atoms with Crippen LogP contribution in [0.2, 0.25) is 0 Å². The van der Waals surface area contributed by atoms with Crippen molar-refractivity contribution in [3.05, 3.63) is 48.0 Å². The largest absolute Gasteiger partial charge is 0.497 e. The molecule has 0 radical (unpaired) electrons. The zero-order valence-electron chi connectivity index (χ0n) is 11.9. The van der Waals surface area contributed by atoms with Gasteiger partial charge in [0.1, 0.15) is 23.9 Å². The van der Waals surface area contributed by atoms with Crippen molar-refractivity contribution in [2.45, 2.75) is 6.61 Å². The summed E-state index contributed by atoms with van der Waals surface area (Å²) in [7, 11) is 1.72. The summed E-state index contributed by atoms with van der Waals surface area (Å²) in [6.45, 7) is 0.356. The van der Waals surface area contributed by atoms with E-state index in [2.05, 4.69) is 0 Å². The third kappa shape index (κ3) is 4.14. The second-order valence-electron chi connectivity index (χ2n) is 4.45. The number of rotatable bonds is 6. The first-order chi connectivity index (χ1) is 10.1. The standard InChI is InChI=1S/C15H17BO5.2H2/c1-19-14-7-11(8-15(9-14)20-2)10-21-13-5-3-12(4-6-13)16(17)18;;/h3-9,17-18H,10H2,1-2H3;2*1H. The Kier molecular flexibility index (Phi) is 5.08. The van der Waals surface area contributed by atoms with E-state index in [1.807, 2.05) is 12.1 Å². The highest BCUT2D eigenvalue weighted by Gasteiger charge is 2.10. The van der Waals surface area contributed by atoms with Gasteiger partial charge in [-0.1, -0.05) is 12.1 Å². The molecule has 0 aliphatic carbocycles. The highest BCUT2D eigenvalue weighted by molar-refractivity contribution is 6.58. The van der Waals surface area contributed by atoms with E-state index in [0.717, 1.165) is 5.56 Å². The molecular formula is C15H21BO5. The van der Waals surface area contributed by atoms with Gasteiger partial charge < -0.3 is 24.3 Å². The fraction of sp³-hybridized carbons (Fsp3) is 0.200. The second-order valence-corrected chi connectivity index (χ2v) is 4.45. The summed E-state index contributed by atoms with van der Waals surface area (Å²) in [4.78, 5) is 0. The van der Waals surface area contributed by atoms with Crippen LogP contribution in [0.25, 0.3) is 0 Å². The van der Waals surface area contributed by atoms with Crippen molar-refractivity contribution in [1.29, 1.82) is 0 Å². The smallest absolute Gasteiger partial charge is 0.488 e. The lowest BCUT2D eigenvalue weighted by Crippen LogP contribution is -2.29. The van der Waals surface area contributed by atoms with Gasteiger partial charge in [0, 0.05) is 8.92 Å². The van der Waals surface area contributed by atoms with Gasteiger partial charge in [0.05, 0.1) is 14.2 Å². The lowest BCUT2D eigenvalue weighted by Gasteiger charge is -2.10. The van der Waals surface area contributed by atoms with Gasteiger partial charge >= 0.3 is 7.12 Å². The van der Waals surface area contributed by atoms with Gasteiger partial charge in [0.25, 0.3) is 0 Å². The third-order valence-corrected chi connectivity index (χ3v) is 2.99. The van der Waals surface area contributed by atoms with E-state index in [-0.39, 0.29) is 2.85 Å². The predicted molar refractivity (Wildman–Crippen MR) is 84.4 cm³/mol. The van der Waals surface area contributed by atoms with Crippen LogP contribution in [0.1, 0.15) is 8.42 Å². The lowest BCUT2D eigenvalue weighted by molar-refractivity contribution is 0.304. The van der Waals surface area contributed by atoms with E-state index in [1.165, 1.54) is 0 Å². The average molecular weight is 292 g/mol. The molecule has 6 heteroatoms. The Morgan fingerprint density at radius 2 is 1.48 bits per heavy atom. The zero-order chi connectivity index (χ0) is 15.2. The van der Waals surface area contributed by atoms with Crippen molar-refractivity contribution in [1.82, 2.24) is 0 Å². The van der Waals surface area contributed by atoms with E-state index in [9.17, 15) is 0 Å². The van der Waals surface area contributed by atoms with Gasteiger partial charge in [-0.25, -0.2) is 0 Å². The van der Waals surface area contributed by atoms with E-state index >= 15 is 0 Å². The molecule has 0 atom stereocenters. The summed E-state index contributed by atoms with van der Waals surface area (Å²) < 4.78 is 16.1. The van der Waals surface area contributed by atoms with Gasteiger partial charge in [0.2, 0.25) is 0 Å². The Bertz CT molecular complexity index is 571. The fourth-order valence-corrected chi connectivity index (χ4v) is 1.85. The number of methoxy groups -OCH3 is 2. The monoisotopic (exact) mass is 292 g/mol. The van der Waals surface area contributed by atoms with Crippen LogP contribution in [0.4, 0.5) is 0 Å². The van der Waals surface area contributed by atoms with Crippen LogP contribution in [0, 0.1) is 0 Å². The molecule has 2 rings (SSSR count). The van der Waals surface area contributed by atoms with Crippen LogP contribution in [0.3, 0.4) is 0 Å². The maximum atomic E-state index is 9.02. The molecule has 0 saturated heterocycles. The molecule has 0 saturated carbocycles. The number of benzene rings is 2. The fourth-order valence-electron chi connectivity index (χ4n) is 1.85. The van der Waals surface area contributed by atoms with Gasteiger partial charge in [0.15, 0.2) is 0 Å². The van der Waals surface area contributed by atoms with Crippen LogP contribution >= 0.6 is 0 Å². The van der Waals surface area contributed by atoms with Gasteiger partial charge in [-0.3, -0.25) is 0 Å². The highest BCUT2D eigenvalue weighted by atomic mass is 16.5. The van der Waals surface area contributed by atoms with Crippen LogP contribution < -0.4 is 19.7 Å². The van der Waals surface area contributed by atoms with E-state index < -0.39 is 7.12 Å². The highest BCUT2D eigenvalue weighted by Crippen LogP contribution is 2.23. The molecule has 2 aromatic rings. The number of hydrogen-bond donors (Lipinski definition) is 2. The summed E-state index contributed by atoms with van der Waals surface area (Å²) >= 11 is 0. The Labute approximate surface area is 126 Å². The Balaban J connectivity index is 0.00000242. The molecule has 114 valence electrons. The summed E-state index contributed by atoms with van der Waals surface area (Å²) in [5, 5.41) is 18.0. The summed E-state index contributed by atoms with van der Waals surface area (Å²) in [5.41, 5.74) is 1.34. The van der Waals surface area contributed by atoms with Crippen molar-refractivity contribution in [2.24, 2.45) is 0 Å². The molecule has 0 bridgehead atoms. The van der Waals surface area contributed by atoms with Crippen molar-refractivity contribution in [3.8, 4) is 17.2 Å². The quantitative estimate of drug-likeness (QED) is 0.789. The normalized spacial score (nSPS) is 10.1. The van der Waals surface area contributed by atoms with Gasteiger partial charge in [-0.2, -0.15) is 0 Å². The topological polar surface area (TPSA) is 68.2 Å². The maximum absolute atomic E-state index is 9.02. The first-order valence-electron chi connectivity index (χ1n) is 6.43. The average Bonchev–Trinajstić information content (AvgIpc) is 2.52. The molecule has 0 unspecified atom stereocenters. The minimum atomic E-state index is -1.47. The summed E-state index contributed by atoms with van der Waals surface area (Å²) in [6, 6.07) is 12.1. The van der Waals surface area contributed by atoms with Crippen LogP contribution in [0.5, 0.6) is 17.2 Å².